The normalized spacial score (nSPS) is 10.7. The number of benzene rings is 2. The fraction of sp³-hybridized carbons (Fsp3) is 0.167. The Morgan fingerprint density at radius 2 is 2.00 bits per heavy atom. The van der Waals surface area contributed by atoms with Crippen molar-refractivity contribution in [2.24, 2.45) is 0 Å². The molecule has 0 radical (unpaired) electrons. The number of hydrogen-bond donors (Lipinski definition) is 2. The number of fused-ring (bicyclic) bond motifs is 1. The summed E-state index contributed by atoms with van der Waals surface area (Å²) in [5, 5.41) is 4.62. The Balaban J connectivity index is 1.81. The summed E-state index contributed by atoms with van der Waals surface area (Å²) in [5.74, 6) is -0.0693. The van der Waals surface area contributed by atoms with Gasteiger partial charge >= 0.3 is 0 Å². The number of anilines is 2. The molecule has 0 unspecified atom stereocenters. The molecule has 0 saturated carbocycles. The summed E-state index contributed by atoms with van der Waals surface area (Å²) >= 11 is 6.05. The Morgan fingerprint density at radius 1 is 1.22 bits per heavy atom. The Labute approximate surface area is 140 Å². The average molecular weight is 328 g/mol. The first-order valence-electron chi connectivity index (χ1n) is 7.36. The van der Waals surface area contributed by atoms with Crippen molar-refractivity contribution in [2.75, 3.05) is 24.3 Å². The second-order valence-electron chi connectivity index (χ2n) is 5.64. The van der Waals surface area contributed by atoms with Crippen molar-refractivity contribution in [3.8, 4) is 0 Å². The van der Waals surface area contributed by atoms with Crippen LogP contribution >= 0.6 is 11.6 Å². The number of halogens is 1. The number of aromatic nitrogens is 1. The van der Waals surface area contributed by atoms with Crippen LogP contribution in [-0.2, 0) is 11.2 Å². The molecule has 0 aliphatic heterocycles. The molecule has 3 aromatic rings. The zero-order valence-corrected chi connectivity index (χ0v) is 13.8. The molecule has 1 amide bonds. The molecule has 0 fully saturated rings. The highest BCUT2D eigenvalue weighted by atomic mass is 35.5. The van der Waals surface area contributed by atoms with Gasteiger partial charge in [-0.25, -0.2) is 0 Å². The van der Waals surface area contributed by atoms with Crippen LogP contribution in [0.5, 0.6) is 0 Å². The van der Waals surface area contributed by atoms with Crippen LogP contribution in [0.25, 0.3) is 10.9 Å². The van der Waals surface area contributed by atoms with Gasteiger partial charge in [0.25, 0.3) is 0 Å². The van der Waals surface area contributed by atoms with Gasteiger partial charge in [0.15, 0.2) is 0 Å². The molecule has 4 nitrogen and oxygen atoms in total. The molecule has 2 N–H and O–H groups in total. The number of nitrogens with zero attached hydrogens (tertiary/aromatic N) is 1. The van der Waals surface area contributed by atoms with E-state index < -0.39 is 0 Å². The van der Waals surface area contributed by atoms with Gasteiger partial charge in [-0.2, -0.15) is 0 Å². The topological polar surface area (TPSA) is 48.1 Å². The molecular weight excluding hydrogens is 310 g/mol. The van der Waals surface area contributed by atoms with Crippen molar-refractivity contribution in [3.05, 3.63) is 59.2 Å². The van der Waals surface area contributed by atoms with E-state index in [4.69, 9.17) is 11.6 Å². The van der Waals surface area contributed by atoms with Gasteiger partial charge in [0, 0.05) is 36.2 Å². The van der Waals surface area contributed by atoms with Crippen molar-refractivity contribution >= 4 is 39.8 Å². The number of amides is 1. The number of aromatic amines is 1. The zero-order chi connectivity index (χ0) is 16.4. The Bertz CT molecular complexity index is 854. The molecule has 5 heteroatoms. The predicted molar refractivity (Wildman–Crippen MR) is 96.4 cm³/mol. The van der Waals surface area contributed by atoms with Crippen LogP contribution < -0.4 is 10.2 Å². The van der Waals surface area contributed by atoms with Crippen LogP contribution in [0.15, 0.2) is 48.7 Å². The molecule has 118 valence electrons. The summed E-state index contributed by atoms with van der Waals surface area (Å²) in [6.45, 7) is 0. The quantitative estimate of drug-likeness (QED) is 0.759. The fourth-order valence-electron chi connectivity index (χ4n) is 2.64. The highest BCUT2D eigenvalue weighted by molar-refractivity contribution is 6.31. The van der Waals surface area contributed by atoms with E-state index in [-0.39, 0.29) is 5.91 Å². The first-order chi connectivity index (χ1) is 11.0. The zero-order valence-electron chi connectivity index (χ0n) is 13.1. The molecule has 0 bridgehead atoms. The first kappa shape index (κ1) is 15.4. The highest BCUT2D eigenvalue weighted by Gasteiger charge is 2.12. The molecule has 0 aliphatic rings. The Kier molecular flexibility index (Phi) is 4.26. The number of carbonyl (C=O) groups is 1. The summed E-state index contributed by atoms with van der Waals surface area (Å²) in [4.78, 5) is 17.6. The van der Waals surface area contributed by atoms with Crippen LogP contribution in [-0.4, -0.2) is 25.0 Å². The molecule has 1 heterocycles. The third-order valence-corrected chi connectivity index (χ3v) is 3.98. The SMILES string of the molecule is CN(C)c1ccc(Cl)cc1NC(=O)Cc1c[nH]c2ccccc12. The maximum Gasteiger partial charge on any atom is 0.228 e. The van der Waals surface area contributed by atoms with Crippen LogP contribution in [0, 0.1) is 0 Å². The first-order valence-corrected chi connectivity index (χ1v) is 7.74. The highest BCUT2D eigenvalue weighted by Crippen LogP contribution is 2.28. The average Bonchev–Trinajstić information content (AvgIpc) is 2.90. The summed E-state index contributed by atoms with van der Waals surface area (Å²) in [7, 11) is 3.86. The molecule has 0 spiro atoms. The summed E-state index contributed by atoms with van der Waals surface area (Å²) in [6.07, 6.45) is 2.19. The smallest absolute Gasteiger partial charge is 0.228 e. The third kappa shape index (κ3) is 3.32. The van der Waals surface area contributed by atoms with Gasteiger partial charge in [0.1, 0.15) is 0 Å². The van der Waals surface area contributed by atoms with E-state index in [9.17, 15) is 4.79 Å². The number of nitrogens with one attached hydrogen (secondary N) is 2. The monoisotopic (exact) mass is 327 g/mol. The van der Waals surface area contributed by atoms with Crippen molar-refractivity contribution in [1.82, 2.24) is 4.98 Å². The van der Waals surface area contributed by atoms with Crippen LogP contribution in [0.4, 0.5) is 11.4 Å². The van der Waals surface area contributed by atoms with Gasteiger partial charge in [-0.3, -0.25) is 4.79 Å². The lowest BCUT2D eigenvalue weighted by molar-refractivity contribution is -0.115. The van der Waals surface area contributed by atoms with Crippen molar-refractivity contribution in [3.63, 3.8) is 0 Å². The number of para-hydroxylation sites is 1. The lowest BCUT2D eigenvalue weighted by Crippen LogP contribution is -2.18. The van der Waals surface area contributed by atoms with Crippen LogP contribution in [0.1, 0.15) is 5.56 Å². The minimum absolute atomic E-state index is 0.0693. The second kappa shape index (κ2) is 6.34. The largest absolute Gasteiger partial charge is 0.376 e. The summed E-state index contributed by atoms with van der Waals surface area (Å²) in [5.41, 5.74) is 3.65. The maximum absolute atomic E-state index is 12.4. The number of hydrogen-bond acceptors (Lipinski definition) is 2. The minimum Gasteiger partial charge on any atom is -0.376 e. The van der Waals surface area contributed by atoms with Crippen molar-refractivity contribution in [2.45, 2.75) is 6.42 Å². The van der Waals surface area contributed by atoms with Crippen LogP contribution in [0.2, 0.25) is 5.02 Å². The van der Waals surface area contributed by atoms with E-state index in [1.165, 1.54) is 0 Å². The lowest BCUT2D eigenvalue weighted by atomic mass is 10.1. The maximum atomic E-state index is 12.4. The van der Waals surface area contributed by atoms with Gasteiger partial charge in [-0.15, -0.1) is 0 Å². The second-order valence-corrected chi connectivity index (χ2v) is 6.08. The molecule has 0 atom stereocenters. The predicted octanol–water partition coefficient (Wildman–Crippen LogP) is 4.07. The number of H-pyrrole nitrogens is 1. The summed E-state index contributed by atoms with van der Waals surface area (Å²) < 4.78 is 0. The number of rotatable bonds is 4. The van der Waals surface area contributed by atoms with E-state index in [0.29, 0.717) is 17.1 Å². The van der Waals surface area contributed by atoms with Crippen molar-refractivity contribution < 1.29 is 4.79 Å². The van der Waals surface area contributed by atoms with Gasteiger partial charge in [-0.05, 0) is 29.8 Å². The van der Waals surface area contributed by atoms with E-state index in [1.807, 2.05) is 61.6 Å². The minimum atomic E-state index is -0.0693. The van der Waals surface area contributed by atoms with Crippen LogP contribution in [0.3, 0.4) is 0 Å². The third-order valence-electron chi connectivity index (χ3n) is 3.74. The summed E-state index contributed by atoms with van der Waals surface area (Å²) in [6, 6.07) is 13.4. The molecule has 0 saturated heterocycles. The van der Waals surface area contributed by atoms with E-state index >= 15 is 0 Å². The fourth-order valence-corrected chi connectivity index (χ4v) is 2.82. The lowest BCUT2D eigenvalue weighted by Gasteiger charge is -2.18. The van der Waals surface area contributed by atoms with E-state index in [0.717, 1.165) is 22.2 Å². The Hall–Kier alpha value is -2.46. The van der Waals surface area contributed by atoms with E-state index in [2.05, 4.69) is 10.3 Å². The molecular formula is C18H18ClN3O. The molecule has 2 aromatic carbocycles. The Morgan fingerprint density at radius 3 is 2.78 bits per heavy atom. The molecule has 3 rings (SSSR count). The van der Waals surface area contributed by atoms with Crippen molar-refractivity contribution in [1.29, 1.82) is 0 Å². The molecule has 1 aromatic heterocycles. The number of carbonyl (C=O) groups excluding carboxylic acids is 1. The standard InChI is InChI=1S/C18H18ClN3O/c1-22(2)17-8-7-13(19)10-16(17)21-18(23)9-12-11-20-15-6-4-3-5-14(12)15/h3-8,10-11,20H,9H2,1-2H3,(H,21,23). The van der Waals surface area contributed by atoms with Gasteiger partial charge in [0.2, 0.25) is 5.91 Å². The van der Waals surface area contributed by atoms with Gasteiger partial charge in [-0.1, -0.05) is 29.8 Å². The molecule has 23 heavy (non-hydrogen) atoms. The van der Waals surface area contributed by atoms with E-state index in [1.54, 1.807) is 6.07 Å². The molecule has 0 aliphatic carbocycles. The van der Waals surface area contributed by atoms with Gasteiger partial charge < -0.3 is 15.2 Å². The van der Waals surface area contributed by atoms with Gasteiger partial charge in [0.05, 0.1) is 17.8 Å².